The highest BCUT2D eigenvalue weighted by Crippen LogP contribution is 2.21. The van der Waals surface area contributed by atoms with Crippen LogP contribution in [0.2, 0.25) is 0 Å². The van der Waals surface area contributed by atoms with E-state index in [0.717, 1.165) is 0 Å². The Morgan fingerprint density at radius 3 is 1.96 bits per heavy atom. The van der Waals surface area contributed by atoms with Gasteiger partial charge in [-0.3, -0.25) is 38.4 Å². The molecule has 1 aromatic carbocycles. The van der Waals surface area contributed by atoms with Crippen LogP contribution in [-0.2, 0) is 56.0 Å². The maximum absolute atomic E-state index is 14.5. The van der Waals surface area contributed by atoms with E-state index in [4.69, 9.17) is 5.11 Å². The molecule has 26 heteroatoms. The minimum atomic E-state index is -2.41. The Morgan fingerprint density at radius 2 is 1.35 bits per heavy atom. The number of benzene rings is 1. The van der Waals surface area contributed by atoms with E-state index in [9.17, 15) is 73.8 Å². The summed E-state index contributed by atoms with van der Waals surface area (Å²) in [5, 5.41) is 80.8. The fourth-order valence-corrected chi connectivity index (χ4v) is 8.35. The molecule has 4 unspecified atom stereocenters. The average Bonchev–Trinajstić information content (AvgIpc) is 4.15. The van der Waals surface area contributed by atoms with Crippen LogP contribution in [0.5, 0.6) is 0 Å². The van der Waals surface area contributed by atoms with Gasteiger partial charge in [-0.05, 0) is 56.1 Å². The van der Waals surface area contributed by atoms with Crippen molar-refractivity contribution in [2.75, 3.05) is 38.2 Å². The number of aliphatic hydroxyl groups excluding tert-OH is 5. The lowest BCUT2D eigenvalue weighted by atomic mass is 10.0. The first-order chi connectivity index (χ1) is 32.9. The number of carboxylic acids is 2. The molecule has 380 valence electrons. The first kappa shape index (κ1) is 55.4. The number of nitrogens with one attached hydrogen (secondary N) is 6. The third kappa shape index (κ3) is 16.2. The van der Waals surface area contributed by atoms with Crippen LogP contribution in [0.25, 0.3) is 0 Å². The van der Waals surface area contributed by atoms with E-state index in [1.165, 1.54) is 34.1 Å². The molecule has 2 aliphatic rings. The number of carbonyl (C=O) groups excluding carboxylic acids is 7. The Hall–Kier alpha value is -6.19. The highest BCUT2D eigenvalue weighted by atomic mass is 32.2. The molecule has 1 aromatic heterocycles. The SMILES string of the molecule is CSCC[C@H](NC(=O)C(O)C(O)C(O)C(O)CO)C(=O)N[C@@H](CCC(=O)O)C(=O)N[C@@H](Cc1cnc[nH]1)C(=O)N[C@@H](Cc1ccccc1)C(=O)N1CCC[C@H]1C(=O)NCC(=O)N1CCC[C@H]1C(=O)O. The molecule has 0 spiro atoms. The minimum absolute atomic E-state index is 0.0852. The molecule has 10 atom stereocenters. The molecular weight excluding hydrogens is 931 g/mol. The van der Waals surface area contributed by atoms with E-state index in [1.54, 1.807) is 36.6 Å². The van der Waals surface area contributed by atoms with Crippen LogP contribution in [0.1, 0.15) is 56.2 Å². The van der Waals surface area contributed by atoms with Crippen LogP contribution in [0.15, 0.2) is 42.9 Å². The van der Waals surface area contributed by atoms with E-state index < -0.39 is 140 Å². The van der Waals surface area contributed by atoms with Gasteiger partial charge in [0.25, 0.3) is 5.91 Å². The molecule has 4 rings (SSSR count). The van der Waals surface area contributed by atoms with Crippen LogP contribution in [0.3, 0.4) is 0 Å². The van der Waals surface area contributed by atoms with Gasteiger partial charge in [0, 0.05) is 44.2 Å². The highest BCUT2D eigenvalue weighted by Gasteiger charge is 2.41. The number of thioether (sulfide) groups is 1. The number of carboxylic acid groups (broad SMARTS) is 2. The highest BCUT2D eigenvalue weighted by molar-refractivity contribution is 7.98. The van der Waals surface area contributed by atoms with E-state index in [-0.39, 0.29) is 50.9 Å². The zero-order valence-electron chi connectivity index (χ0n) is 37.8. The standard InChI is InChI=1S/C43H61N9O16S/c1-69-16-13-26(48-41(65)36(60)35(59)34(58)31(54)21-53)38(62)47-25(11-12-33(56)57)37(61)49-27(18-24-19-44-22-46-24)39(63)50-28(17-23-7-3-2-4-8-23)42(66)52-15-5-9-29(52)40(64)45-20-32(55)51-14-6-10-30(51)43(67)68/h2-4,7-8,19,22,25-31,34-36,53-54,58-60H,5-6,9-18,20-21H2,1H3,(H,44,46)(H,45,64)(H,47,62)(H,48,65)(H,49,61)(H,50,63)(H,56,57)(H,67,68)/t25-,26-,27-,28-,29-,30-,31?,34?,35?,36?/m0/s1. The van der Waals surface area contributed by atoms with Gasteiger partial charge >= 0.3 is 11.9 Å². The van der Waals surface area contributed by atoms with Crippen LogP contribution < -0.4 is 26.6 Å². The summed E-state index contributed by atoms with van der Waals surface area (Å²) in [7, 11) is 0. The maximum Gasteiger partial charge on any atom is 0.326 e. The predicted octanol–water partition coefficient (Wildman–Crippen LogP) is -4.63. The smallest absolute Gasteiger partial charge is 0.326 e. The van der Waals surface area contributed by atoms with Crippen molar-refractivity contribution in [3.05, 3.63) is 54.1 Å². The number of nitrogens with zero attached hydrogens (tertiary/aromatic N) is 3. The van der Waals surface area contributed by atoms with Gasteiger partial charge in [0.15, 0.2) is 6.10 Å². The monoisotopic (exact) mass is 991 g/mol. The van der Waals surface area contributed by atoms with Crippen LogP contribution >= 0.6 is 11.8 Å². The number of likely N-dealkylation sites (tertiary alicyclic amines) is 2. The lowest BCUT2D eigenvalue weighted by Crippen LogP contribution is -2.60. The van der Waals surface area contributed by atoms with Gasteiger partial charge in [0.05, 0.1) is 19.5 Å². The van der Waals surface area contributed by atoms with Crippen molar-refractivity contribution in [2.24, 2.45) is 0 Å². The average molecular weight is 992 g/mol. The van der Waals surface area contributed by atoms with Gasteiger partial charge in [0.1, 0.15) is 54.6 Å². The number of amides is 7. The Kier molecular flexibility index (Phi) is 21.8. The van der Waals surface area contributed by atoms with Crippen LogP contribution in [0, 0.1) is 0 Å². The zero-order chi connectivity index (χ0) is 50.8. The number of aliphatic carboxylic acids is 2. The van der Waals surface area contributed by atoms with E-state index in [0.29, 0.717) is 24.1 Å². The fourth-order valence-electron chi connectivity index (χ4n) is 7.88. The van der Waals surface area contributed by atoms with Crippen LogP contribution in [-0.4, -0.2) is 208 Å². The van der Waals surface area contributed by atoms with Crippen molar-refractivity contribution >= 4 is 65.1 Å². The van der Waals surface area contributed by atoms with Crippen molar-refractivity contribution in [3.8, 4) is 0 Å². The Balaban J connectivity index is 1.55. The number of aromatic nitrogens is 2. The quantitative estimate of drug-likeness (QED) is 0.0400. The molecule has 0 bridgehead atoms. The number of hydrogen-bond acceptors (Lipinski definition) is 16. The van der Waals surface area contributed by atoms with E-state index in [1.807, 2.05) is 0 Å². The van der Waals surface area contributed by atoms with Gasteiger partial charge in [-0.2, -0.15) is 11.8 Å². The summed E-state index contributed by atoms with van der Waals surface area (Å²) in [6, 6.07) is 0.433. The molecule has 25 nitrogen and oxygen atoms in total. The van der Waals surface area contributed by atoms with Crippen LogP contribution in [0.4, 0.5) is 0 Å². The lowest BCUT2D eigenvalue weighted by Gasteiger charge is -2.30. The summed E-state index contributed by atoms with van der Waals surface area (Å²) < 4.78 is 0. The first-order valence-electron chi connectivity index (χ1n) is 22.2. The molecule has 2 fully saturated rings. The summed E-state index contributed by atoms with van der Waals surface area (Å²) in [5.41, 5.74) is 0.939. The molecule has 13 N–H and O–H groups in total. The molecule has 0 aliphatic carbocycles. The second kappa shape index (κ2) is 27.1. The predicted molar refractivity (Wildman–Crippen MR) is 241 cm³/mol. The third-order valence-corrected chi connectivity index (χ3v) is 12.3. The van der Waals surface area contributed by atoms with Crippen molar-refractivity contribution in [3.63, 3.8) is 0 Å². The second-order valence-corrected chi connectivity index (χ2v) is 17.6. The Bertz CT molecular complexity index is 2090. The van der Waals surface area contributed by atoms with Gasteiger partial charge < -0.3 is 77.1 Å². The number of H-pyrrole nitrogens is 1. The van der Waals surface area contributed by atoms with E-state index >= 15 is 0 Å². The lowest BCUT2D eigenvalue weighted by molar-refractivity contribution is -0.150. The van der Waals surface area contributed by atoms with Gasteiger partial charge in [0.2, 0.25) is 35.4 Å². The maximum atomic E-state index is 14.5. The summed E-state index contributed by atoms with van der Waals surface area (Å²) in [6.07, 6.45) is -4.78. The minimum Gasteiger partial charge on any atom is -0.481 e. The van der Waals surface area contributed by atoms with Crippen molar-refractivity contribution < 1.29 is 78.9 Å². The molecule has 2 saturated heterocycles. The fraction of sp³-hybridized carbons (Fsp3) is 0.581. The summed E-state index contributed by atoms with van der Waals surface area (Å²) in [5.74, 6) is -8.61. The number of carbonyl (C=O) groups is 9. The molecule has 7 amide bonds. The Labute approximate surface area is 400 Å². The third-order valence-electron chi connectivity index (χ3n) is 11.7. The first-order valence-corrected chi connectivity index (χ1v) is 23.6. The van der Waals surface area contributed by atoms with E-state index in [2.05, 4.69) is 36.6 Å². The number of rotatable bonds is 27. The largest absolute Gasteiger partial charge is 0.481 e. The molecule has 69 heavy (non-hydrogen) atoms. The second-order valence-electron chi connectivity index (χ2n) is 16.6. The van der Waals surface area contributed by atoms with Gasteiger partial charge in [-0.1, -0.05) is 30.3 Å². The zero-order valence-corrected chi connectivity index (χ0v) is 38.6. The summed E-state index contributed by atoms with van der Waals surface area (Å²) >= 11 is 1.25. The normalized spacial score (nSPS) is 19.2. The topological polar surface area (TPSA) is 391 Å². The molecular formula is C43H61N9O16S. The number of aliphatic hydroxyl groups is 5. The molecule has 0 radical (unpaired) electrons. The molecule has 0 saturated carbocycles. The molecule has 2 aliphatic heterocycles. The number of imidazole rings is 1. The number of aromatic amines is 1. The molecule has 3 heterocycles. The summed E-state index contributed by atoms with van der Waals surface area (Å²) in [6.45, 7) is -1.21. The van der Waals surface area contributed by atoms with Crippen molar-refractivity contribution in [1.82, 2.24) is 46.4 Å². The van der Waals surface area contributed by atoms with Crippen molar-refractivity contribution in [2.45, 2.75) is 118 Å². The molecule has 2 aromatic rings. The summed E-state index contributed by atoms with van der Waals surface area (Å²) in [4.78, 5) is 129. The Morgan fingerprint density at radius 1 is 0.754 bits per heavy atom. The van der Waals surface area contributed by atoms with Crippen molar-refractivity contribution in [1.29, 1.82) is 0 Å². The van der Waals surface area contributed by atoms with Gasteiger partial charge in [-0.25, -0.2) is 9.78 Å². The van der Waals surface area contributed by atoms with Gasteiger partial charge in [-0.15, -0.1) is 0 Å². The number of hydrogen-bond donors (Lipinski definition) is 13.